The first-order chi connectivity index (χ1) is 11.8. The van der Waals surface area contributed by atoms with E-state index < -0.39 is 0 Å². The molecule has 0 radical (unpaired) electrons. The van der Waals surface area contributed by atoms with Crippen LogP contribution >= 0.6 is 12.4 Å². The van der Waals surface area contributed by atoms with Crippen LogP contribution in [0.15, 0.2) is 30.3 Å². The van der Waals surface area contributed by atoms with E-state index in [1.54, 1.807) is 0 Å². The van der Waals surface area contributed by atoms with Crippen LogP contribution in [0.4, 0.5) is 5.69 Å². The molecule has 3 saturated heterocycles. The van der Waals surface area contributed by atoms with Gasteiger partial charge in [-0.25, -0.2) is 5.43 Å². The van der Waals surface area contributed by atoms with Crippen molar-refractivity contribution in [3.63, 3.8) is 0 Å². The lowest BCUT2D eigenvalue weighted by Gasteiger charge is -2.30. The number of halogens is 1. The summed E-state index contributed by atoms with van der Waals surface area (Å²) in [5.41, 5.74) is 7.85. The van der Waals surface area contributed by atoms with Crippen molar-refractivity contribution in [2.75, 3.05) is 44.2 Å². The molecule has 138 valence electrons. The Kier molecular flexibility index (Phi) is 6.17. The van der Waals surface area contributed by atoms with E-state index >= 15 is 0 Å². The van der Waals surface area contributed by atoms with Crippen molar-refractivity contribution in [2.45, 2.75) is 24.9 Å². The summed E-state index contributed by atoms with van der Waals surface area (Å²) in [5, 5.41) is 3.43. The van der Waals surface area contributed by atoms with Crippen LogP contribution in [-0.2, 0) is 4.79 Å². The largest absolute Gasteiger partial charge is 0.370 e. The molecule has 25 heavy (non-hydrogen) atoms. The first-order valence-electron chi connectivity index (χ1n) is 9.13. The lowest BCUT2D eigenvalue weighted by Crippen LogP contribution is -2.51. The first kappa shape index (κ1) is 18.5. The number of carbonyl (C=O) groups is 1. The quantitative estimate of drug-likeness (QED) is 0.716. The topological polar surface area (TPSA) is 59.6 Å². The van der Waals surface area contributed by atoms with Crippen LogP contribution in [0.2, 0.25) is 0 Å². The van der Waals surface area contributed by atoms with E-state index in [1.807, 2.05) is 6.07 Å². The molecule has 0 aromatic heterocycles. The number of amides is 1. The number of nitrogens with zero attached hydrogens (tertiary/aromatic N) is 2. The highest BCUT2D eigenvalue weighted by atomic mass is 35.5. The molecule has 7 heteroatoms. The fourth-order valence-electron chi connectivity index (χ4n) is 4.19. The minimum Gasteiger partial charge on any atom is -0.370 e. The summed E-state index contributed by atoms with van der Waals surface area (Å²) in [4.78, 5) is 17.5. The fourth-order valence-corrected chi connectivity index (χ4v) is 4.19. The lowest BCUT2D eigenvalue weighted by molar-refractivity contribution is -0.134. The Morgan fingerprint density at radius 3 is 2.72 bits per heavy atom. The average Bonchev–Trinajstić information content (AvgIpc) is 2.91. The van der Waals surface area contributed by atoms with Crippen molar-refractivity contribution >= 4 is 24.0 Å². The van der Waals surface area contributed by atoms with Crippen LogP contribution in [0.3, 0.4) is 0 Å². The second-order valence-corrected chi connectivity index (χ2v) is 7.03. The SMILES string of the molecule is Cl.O=C(C1NNC2CCNCC21)N1CCCN(c2ccccc2)CC1. The van der Waals surface area contributed by atoms with Gasteiger partial charge in [0.1, 0.15) is 6.04 Å². The molecule has 1 amide bonds. The van der Waals surface area contributed by atoms with Crippen LogP contribution in [0.5, 0.6) is 0 Å². The molecule has 4 rings (SSSR count). The van der Waals surface area contributed by atoms with Gasteiger partial charge < -0.3 is 15.1 Å². The summed E-state index contributed by atoms with van der Waals surface area (Å²) < 4.78 is 0. The third-order valence-electron chi connectivity index (χ3n) is 5.58. The van der Waals surface area contributed by atoms with E-state index in [9.17, 15) is 4.79 Å². The number of rotatable bonds is 2. The summed E-state index contributed by atoms with van der Waals surface area (Å²) in [6.07, 6.45) is 2.11. The van der Waals surface area contributed by atoms with Crippen molar-refractivity contribution in [1.82, 2.24) is 21.1 Å². The number of hydrazine groups is 1. The molecule has 0 saturated carbocycles. The van der Waals surface area contributed by atoms with Gasteiger partial charge in [-0.1, -0.05) is 18.2 Å². The summed E-state index contributed by atoms with van der Waals surface area (Å²) in [7, 11) is 0. The molecule has 0 aliphatic carbocycles. The molecule has 3 unspecified atom stereocenters. The van der Waals surface area contributed by atoms with Gasteiger partial charge >= 0.3 is 0 Å². The van der Waals surface area contributed by atoms with Gasteiger partial charge in [0.05, 0.1) is 0 Å². The van der Waals surface area contributed by atoms with Gasteiger partial charge in [-0.2, -0.15) is 0 Å². The van der Waals surface area contributed by atoms with E-state index in [0.717, 1.165) is 52.1 Å². The summed E-state index contributed by atoms with van der Waals surface area (Å²) >= 11 is 0. The van der Waals surface area contributed by atoms with E-state index in [2.05, 4.69) is 50.2 Å². The first-order valence-corrected chi connectivity index (χ1v) is 9.13. The molecule has 3 aliphatic rings. The van der Waals surface area contributed by atoms with Crippen molar-refractivity contribution in [3.05, 3.63) is 30.3 Å². The highest BCUT2D eigenvalue weighted by molar-refractivity contribution is 5.85. The molecular formula is C18H28ClN5O. The van der Waals surface area contributed by atoms with Crippen LogP contribution in [0, 0.1) is 5.92 Å². The van der Waals surface area contributed by atoms with Gasteiger partial charge in [-0.3, -0.25) is 10.2 Å². The van der Waals surface area contributed by atoms with Gasteiger partial charge in [-0.05, 0) is 31.5 Å². The van der Waals surface area contributed by atoms with Crippen molar-refractivity contribution in [1.29, 1.82) is 0 Å². The molecule has 3 N–H and O–H groups in total. The predicted molar refractivity (Wildman–Crippen MR) is 102 cm³/mol. The molecule has 0 bridgehead atoms. The normalized spacial score (nSPS) is 29.5. The summed E-state index contributed by atoms with van der Waals surface area (Å²) in [5.74, 6) is 0.619. The Balaban J connectivity index is 0.00000182. The zero-order chi connectivity index (χ0) is 16.4. The Hall–Kier alpha value is -1.34. The number of anilines is 1. The Labute approximate surface area is 155 Å². The third-order valence-corrected chi connectivity index (χ3v) is 5.58. The maximum atomic E-state index is 13.0. The minimum atomic E-state index is -0.0916. The molecule has 3 fully saturated rings. The van der Waals surface area contributed by atoms with E-state index in [1.165, 1.54) is 5.69 Å². The Morgan fingerprint density at radius 1 is 1.04 bits per heavy atom. The third kappa shape index (κ3) is 3.92. The molecule has 3 atom stereocenters. The van der Waals surface area contributed by atoms with Gasteiger partial charge in [0.25, 0.3) is 0 Å². The minimum absolute atomic E-state index is 0. The van der Waals surface area contributed by atoms with Crippen molar-refractivity contribution in [2.24, 2.45) is 5.92 Å². The number of benzene rings is 1. The van der Waals surface area contributed by atoms with Crippen molar-refractivity contribution in [3.8, 4) is 0 Å². The highest BCUT2D eigenvalue weighted by Gasteiger charge is 2.42. The zero-order valence-corrected chi connectivity index (χ0v) is 15.3. The van der Waals surface area contributed by atoms with Crippen molar-refractivity contribution < 1.29 is 4.79 Å². The number of carbonyl (C=O) groups excluding carboxylic acids is 1. The van der Waals surface area contributed by atoms with Crippen LogP contribution in [-0.4, -0.2) is 62.2 Å². The summed E-state index contributed by atoms with van der Waals surface area (Å²) in [6, 6.07) is 10.8. The standard InChI is InChI=1S/C18H27N5O.ClH/c24-18(17-15-13-19-8-7-16(15)20-21-17)23-10-4-9-22(11-12-23)14-5-2-1-3-6-14;/h1-3,5-6,15-17,19-21H,4,7-13H2;1H. The Morgan fingerprint density at radius 2 is 1.88 bits per heavy atom. The summed E-state index contributed by atoms with van der Waals surface area (Å²) in [6.45, 7) is 5.53. The molecule has 6 nitrogen and oxygen atoms in total. The smallest absolute Gasteiger partial charge is 0.241 e. The van der Waals surface area contributed by atoms with Gasteiger partial charge in [-0.15, -0.1) is 12.4 Å². The van der Waals surface area contributed by atoms with Gasteiger partial charge in [0.2, 0.25) is 5.91 Å². The maximum absolute atomic E-state index is 13.0. The van der Waals surface area contributed by atoms with Crippen LogP contribution in [0.1, 0.15) is 12.8 Å². The maximum Gasteiger partial charge on any atom is 0.241 e. The molecule has 1 aromatic carbocycles. The number of hydrogen-bond donors (Lipinski definition) is 3. The van der Waals surface area contributed by atoms with E-state index in [-0.39, 0.29) is 24.4 Å². The van der Waals surface area contributed by atoms with Crippen LogP contribution < -0.4 is 21.1 Å². The molecule has 1 aromatic rings. The van der Waals surface area contributed by atoms with Gasteiger partial charge in [0, 0.05) is 50.4 Å². The molecule has 3 heterocycles. The van der Waals surface area contributed by atoms with Gasteiger partial charge in [0.15, 0.2) is 0 Å². The molecule has 3 aliphatic heterocycles. The fraction of sp³-hybridized carbons (Fsp3) is 0.611. The number of fused-ring (bicyclic) bond motifs is 1. The number of para-hydroxylation sites is 1. The van der Waals surface area contributed by atoms with Crippen LogP contribution in [0.25, 0.3) is 0 Å². The van der Waals surface area contributed by atoms with E-state index in [4.69, 9.17) is 0 Å². The number of nitrogens with one attached hydrogen (secondary N) is 3. The highest BCUT2D eigenvalue weighted by Crippen LogP contribution is 2.22. The number of piperidine rings is 1. The zero-order valence-electron chi connectivity index (χ0n) is 14.5. The second kappa shape index (κ2) is 8.36. The predicted octanol–water partition coefficient (Wildman–Crippen LogP) is 0.602. The molecule has 0 spiro atoms. The monoisotopic (exact) mass is 365 g/mol. The van der Waals surface area contributed by atoms with E-state index in [0.29, 0.717) is 12.0 Å². The average molecular weight is 366 g/mol. The number of hydrogen-bond acceptors (Lipinski definition) is 5. The lowest BCUT2D eigenvalue weighted by atomic mass is 9.89. The molecular weight excluding hydrogens is 338 g/mol. The Bertz CT molecular complexity index is 572. The second-order valence-electron chi connectivity index (χ2n) is 7.03.